The average molecular weight is 582 g/mol. The fourth-order valence-electron chi connectivity index (χ4n) is 4.05. The molecule has 2 N–H and O–H groups in total. The van der Waals surface area contributed by atoms with Gasteiger partial charge in [-0.2, -0.15) is 0 Å². The van der Waals surface area contributed by atoms with E-state index in [1.54, 1.807) is 60.8 Å². The molecular weight excluding hydrogens is 555 g/mol. The van der Waals surface area contributed by atoms with Crippen molar-refractivity contribution in [2.45, 2.75) is 22.9 Å². The first-order valence-corrected chi connectivity index (χ1v) is 16.5. The van der Waals surface area contributed by atoms with Gasteiger partial charge in [0.15, 0.2) is 5.13 Å². The number of fused-ring (bicyclic) bond motifs is 1. The number of hydrogen-bond donors (Lipinski definition) is 2. The van der Waals surface area contributed by atoms with Crippen LogP contribution in [0.25, 0.3) is 6.08 Å². The third-order valence-corrected chi connectivity index (χ3v) is 9.75. The van der Waals surface area contributed by atoms with Gasteiger partial charge < -0.3 is 15.5 Å². The molecule has 0 saturated heterocycles. The Hall–Kier alpha value is -3.58. The largest absolute Gasteiger partial charge is 0.354 e. The minimum Gasteiger partial charge on any atom is -0.354 e. The van der Waals surface area contributed by atoms with Crippen LogP contribution in [0.3, 0.4) is 0 Å². The van der Waals surface area contributed by atoms with Gasteiger partial charge in [-0.25, -0.2) is 21.8 Å². The quantitative estimate of drug-likeness (QED) is 0.265. The van der Waals surface area contributed by atoms with Crippen molar-refractivity contribution < 1.29 is 16.8 Å². The Labute approximate surface area is 232 Å². The SMILES string of the molecule is CS(=O)(=O)CCNCc1csc(N2C=Cc3cncc(Nc4ccc(S(=O)(=O)c5ccccc5)cc4)c3C2)n1. The molecule has 3 heterocycles. The molecule has 0 amide bonds. The van der Waals surface area contributed by atoms with Gasteiger partial charge in [-0.15, -0.1) is 11.3 Å². The number of benzene rings is 2. The third kappa shape index (κ3) is 6.53. The lowest BCUT2D eigenvalue weighted by Crippen LogP contribution is -2.22. The number of sulfone groups is 2. The van der Waals surface area contributed by atoms with Gasteiger partial charge in [0.25, 0.3) is 0 Å². The molecule has 0 aliphatic carbocycles. The van der Waals surface area contributed by atoms with E-state index in [1.165, 1.54) is 17.6 Å². The summed E-state index contributed by atoms with van der Waals surface area (Å²) in [5.74, 6) is 0.0883. The highest BCUT2D eigenvalue weighted by Crippen LogP contribution is 2.32. The smallest absolute Gasteiger partial charge is 0.206 e. The molecule has 12 heteroatoms. The number of aromatic nitrogens is 2. The molecule has 1 aliphatic rings. The molecule has 39 heavy (non-hydrogen) atoms. The molecule has 2 aromatic heterocycles. The van der Waals surface area contributed by atoms with Gasteiger partial charge in [-0.1, -0.05) is 18.2 Å². The lowest BCUT2D eigenvalue weighted by atomic mass is 10.1. The van der Waals surface area contributed by atoms with Crippen molar-refractivity contribution in [3.05, 3.63) is 95.4 Å². The van der Waals surface area contributed by atoms with Gasteiger partial charge in [0, 0.05) is 53.9 Å². The maximum atomic E-state index is 12.9. The molecule has 4 aromatic rings. The molecule has 2 aromatic carbocycles. The van der Waals surface area contributed by atoms with E-state index in [-0.39, 0.29) is 15.5 Å². The summed E-state index contributed by atoms with van der Waals surface area (Å²) in [4.78, 5) is 11.6. The number of rotatable bonds is 10. The van der Waals surface area contributed by atoms with Crippen LogP contribution in [0.2, 0.25) is 0 Å². The highest BCUT2D eigenvalue weighted by atomic mass is 32.2. The standard InChI is InChI=1S/C27H27N5O4S3/c1-38(33,34)14-12-28-16-22-19-37-27(31-22)32-13-11-20-15-29-17-26(25(20)18-32)30-21-7-9-24(10-8-21)39(35,36)23-5-3-2-4-6-23/h2-11,13,15,17,19,28,30H,12,14,16,18H2,1H3. The van der Waals surface area contributed by atoms with Crippen LogP contribution in [0.1, 0.15) is 16.8 Å². The predicted octanol–water partition coefficient (Wildman–Crippen LogP) is 4.24. The summed E-state index contributed by atoms with van der Waals surface area (Å²) in [5, 5.41) is 9.29. The zero-order valence-corrected chi connectivity index (χ0v) is 23.6. The van der Waals surface area contributed by atoms with E-state index in [2.05, 4.69) is 15.6 Å². The molecule has 1 aliphatic heterocycles. The lowest BCUT2D eigenvalue weighted by molar-refractivity contribution is 0.594. The van der Waals surface area contributed by atoms with Gasteiger partial charge in [0.2, 0.25) is 9.84 Å². The molecule has 0 radical (unpaired) electrons. The highest BCUT2D eigenvalue weighted by molar-refractivity contribution is 7.91. The summed E-state index contributed by atoms with van der Waals surface area (Å²) in [5.41, 5.74) is 4.44. The molecule has 0 spiro atoms. The second-order valence-electron chi connectivity index (χ2n) is 9.09. The molecule has 202 valence electrons. The number of anilines is 3. The van der Waals surface area contributed by atoms with E-state index in [1.807, 2.05) is 28.8 Å². The predicted molar refractivity (Wildman–Crippen MR) is 155 cm³/mol. The van der Waals surface area contributed by atoms with E-state index in [9.17, 15) is 16.8 Å². The van der Waals surface area contributed by atoms with E-state index in [4.69, 9.17) is 4.98 Å². The topological polar surface area (TPSA) is 121 Å². The number of pyridine rings is 1. The normalized spacial score (nSPS) is 13.3. The van der Waals surface area contributed by atoms with Crippen LogP contribution in [-0.4, -0.2) is 45.4 Å². The summed E-state index contributed by atoms with van der Waals surface area (Å²) in [6, 6.07) is 15.1. The number of hydrogen-bond acceptors (Lipinski definition) is 10. The van der Waals surface area contributed by atoms with Crippen molar-refractivity contribution in [2.24, 2.45) is 0 Å². The minimum absolute atomic E-state index is 0.0883. The third-order valence-electron chi connectivity index (χ3n) is 6.09. The number of thiazole rings is 1. The second kappa shape index (κ2) is 11.3. The van der Waals surface area contributed by atoms with E-state index in [0.29, 0.717) is 19.6 Å². The van der Waals surface area contributed by atoms with Crippen LogP contribution in [-0.2, 0) is 32.8 Å². The highest BCUT2D eigenvalue weighted by Gasteiger charge is 2.20. The Kier molecular flexibility index (Phi) is 7.80. The monoisotopic (exact) mass is 581 g/mol. The Morgan fingerprint density at radius 1 is 0.974 bits per heavy atom. The Balaban J connectivity index is 1.27. The summed E-state index contributed by atoms with van der Waals surface area (Å²) < 4.78 is 48.4. The van der Waals surface area contributed by atoms with Crippen molar-refractivity contribution in [2.75, 3.05) is 28.8 Å². The Bertz CT molecular complexity index is 1700. The van der Waals surface area contributed by atoms with Crippen molar-refractivity contribution >= 4 is 53.6 Å². The van der Waals surface area contributed by atoms with Gasteiger partial charge in [-0.3, -0.25) is 4.98 Å². The van der Waals surface area contributed by atoms with Crippen LogP contribution in [0.15, 0.2) is 88.4 Å². The molecule has 0 bridgehead atoms. The van der Waals surface area contributed by atoms with E-state index < -0.39 is 19.7 Å². The molecular formula is C27H27N5O4S3. The molecule has 9 nitrogen and oxygen atoms in total. The van der Waals surface area contributed by atoms with E-state index in [0.717, 1.165) is 33.3 Å². The van der Waals surface area contributed by atoms with Crippen LogP contribution < -0.4 is 15.5 Å². The number of nitrogens with zero attached hydrogens (tertiary/aromatic N) is 3. The summed E-state index contributed by atoms with van der Waals surface area (Å²) >= 11 is 1.52. The zero-order valence-electron chi connectivity index (χ0n) is 21.1. The van der Waals surface area contributed by atoms with Gasteiger partial charge in [0.05, 0.1) is 39.7 Å². The average Bonchev–Trinajstić information content (AvgIpc) is 3.40. The summed E-state index contributed by atoms with van der Waals surface area (Å²) in [7, 11) is -6.59. The van der Waals surface area contributed by atoms with E-state index >= 15 is 0 Å². The maximum absolute atomic E-state index is 12.9. The van der Waals surface area contributed by atoms with Gasteiger partial charge >= 0.3 is 0 Å². The first-order valence-electron chi connectivity index (χ1n) is 12.1. The molecule has 0 saturated carbocycles. The Morgan fingerprint density at radius 3 is 2.46 bits per heavy atom. The fourth-order valence-corrected chi connectivity index (χ4v) is 6.65. The maximum Gasteiger partial charge on any atom is 0.206 e. The van der Waals surface area contributed by atoms with Gasteiger partial charge in [-0.05, 0) is 42.5 Å². The molecule has 0 unspecified atom stereocenters. The van der Waals surface area contributed by atoms with Crippen LogP contribution in [0, 0.1) is 0 Å². The first-order chi connectivity index (χ1) is 18.7. The van der Waals surface area contributed by atoms with Crippen molar-refractivity contribution in [1.29, 1.82) is 0 Å². The van der Waals surface area contributed by atoms with Crippen LogP contribution >= 0.6 is 11.3 Å². The van der Waals surface area contributed by atoms with Crippen molar-refractivity contribution in [3.63, 3.8) is 0 Å². The minimum atomic E-state index is -3.59. The molecule has 0 atom stereocenters. The van der Waals surface area contributed by atoms with Crippen molar-refractivity contribution in [3.8, 4) is 0 Å². The summed E-state index contributed by atoms with van der Waals surface area (Å²) in [6.07, 6.45) is 8.74. The second-order valence-corrected chi connectivity index (χ2v) is 14.1. The van der Waals surface area contributed by atoms with Gasteiger partial charge in [0.1, 0.15) is 9.84 Å². The van der Waals surface area contributed by atoms with Crippen LogP contribution in [0.4, 0.5) is 16.5 Å². The molecule has 0 fully saturated rings. The summed E-state index contributed by atoms with van der Waals surface area (Å²) in [6.45, 7) is 1.45. The van der Waals surface area contributed by atoms with Crippen LogP contribution in [0.5, 0.6) is 0 Å². The molecule has 5 rings (SSSR count). The van der Waals surface area contributed by atoms with Crippen molar-refractivity contribution in [1.82, 2.24) is 15.3 Å². The zero-order chi connectivity index (χ0) is 27.5. The fraction of sp³-hybridized carbons (Fsp3) is 0.185. The lowest BCUT2D eigenvalue weighted by Gasteiger charge is -2.25. The first kappa shape index (κ1) is 27.0. The Morgan fingerprint density at radius 2 is 1.72 bits per heavy atom. The number of nitrogens with one attached hydrogen (secondary N) is 2.